The lowest BCUT2D eigenvalue weighted by Crippen LogP contribution is -1.91. The van der Waals surface area contributed by atoms with Crippen molar-refractivity contribution in [1.82, 2.24) is 19.6 Å². The number of rotatable bonds is 1. The van der Waals surface area contributed by atoms with Gasteiger partial charge in [0.25, 0.3) is 0 Å². The van der Waals surface area contributed by atoms with E-state index >= 15 is 0 Å². The van der Waals surface area contributed by atoms with Crippen molar-refractivity contribution < 1.29 is 4.42 Å². The minimum absolute atomic E-state index is 0.400. The SMILES string of the molecule is Cc1cc(-c2nnc3cc(Cl)ncn23)c(C)o1. The maximum Gasteiger partial charge on any atom is 0.173 e. The Morgan fingerprint density at radius 1 is 1.24 bits per heavy atom. The Balaban J connectivity index is 2.28. The zero-order chi connectivity index (χ0) is 12.0. The summed E-state index contributed by atoms with van der Waals surface area (Å²) in [6.45, 7) is 3.79. The molecule has 0 fully saturated rings. The van der Waals surface area contributed by atoms with Gasteiger partial charge in [-0.3, -0.25) is 4.40 Å². The Morgan fingerprint density at radius 2 is 2.06 bits per heavy atom. The summed E-state index contributed by atoms with van der Waals surface area (Å²) >= 11 is 5.80. The molecule has 86 valence electrons. The molecule has 3 aromatic rings. The highest BCUT2D eigenvalue weighted by Crippen LogP contribution is 2.25. The third-order valence-electron chi connectivity index (χ3n) is 2.55. The van der Waals surface area contributed by atoms with Gasteiger partial charge in [0.1, 0.15) is 23.0 Å². The van der Waals surface area contributed by atoms with Gasteiger partial charge in [0.15, 0.2) is 11.5 Å². The van der Waals surface area contributed by atoms with Crippen LogP contribution < -0.4 is 0 Å². The number of hydrogen-bond donors (Lipinski definition) is 0. The number of fused-ring (bicyclic) bond motifs is 1. The molecular weight excluding hydrogens is 240 g/mol. The lowest BCUT2D eigenvalue weighted by molar-refractivity contribution is 0.505. The third kappa shape index (κ3) is 1.59. The first kappa shape index (κ1) is 10.3. The number of halogens is 1. The standard InChI is InChI=1S/C11H9ClN4O/c1-6-3-8(7(2)17-6)11-15-14-10-4-9(12)13-5-16(10)11/h3-5H,1-2H3. The first-order valence-electron chi connectivity index (χ1n) is 5.09. The smallest absolute Gasteiger partial charge is 0.173 e. The summed E-state index contributed by atoms with van der Waals surface area (Å²) in [5.41, 5.74) is 1.58. The average molecular weight is 249 g/mol. The topological polar surface area (TPSA) is 56.2 Å². The minimum atomic E-state index is 0.400. The number of nitrogens with zero attached hydrogens (tertiary/aromatic N) is 4. The Kier molecular flexibility index (Phi) is 2.16. The minimum Gasteiger partial charge on any atom is -0.466 e. The van der Waals surface area contributed by atoms with E-state index in [-0.39, 0.29) is 0 Å². The first-order valence-corrected chi connectivity index (χ1v) is 5.46. The molecule has 0 unspecified atom stereocenters. The Labute approximate surface area is 102 Å². The zero-order valence-electron chi connectivity index (χ0n) is 9.31. The van der Waals surface area contributed by atoms with Gasteiger partial charge in [-0.05, 0) is 19.9 Å². The summed E-state index contributed by atoms with van der Waals surface area (Å²) in [6, 6.07) is 3.60. The molecule has 17 heavy (non-hydrogen) atoms. The van der Waals surface area contributed by atoms with Crippen molar-refractivity contribution in [3.05, 3.63) is 35.1 Å². The van der Waals surface area contributed by atoms with Gasteiger partial charge in [-0.1, -0.05) is 11.6 Å². The molecule has 0 amide bonds. The highest BCUT2D eigenvalue weighted by molar-refractivity contribution is 6.29. The monoisotopic (exact) mass is 248 g/mol. The second-order valence-corrected chi connectivity index (χ2v) is 4.18. The van der Waals surface area contributed by atoms with Crippen LogP contribution in [0.5, 0.6) is 0 Å². The second-order valence-electron chi connectivity index (χ2n) is 3.79. The van der Waals surface area contributed by atoms with Crippen molar-refractivity contribution in [1.29, 1.82) is 0 Å². The van der Waals surface area contributed by atoms with Gasteiger partial charge in [-0.25, -0.2) is 4.98 Å². The highest BCUT2D eigenvalue weighted by Gasteiger charge is 2.14. The predicted octanol–water partition coefficient (Wildman–Crippen LogP) is 2.65. The van der Waals surface area contributed by atoms with Gasteiger partial charge >= 0.3 is 0 Å². The molecule has 3 aromatic heterocycles. The van der Waals surface area contributed by atoms with Gasteiger partial charge in [-0.2, -0.15) is 0 Å². The van der Waals surface area contributed by atoms with Crippen LogP contribution in [0, 0.1) is 13.8 Å². The lowest BCUT2D eigenvalue weighted by Gasteiger charge is -1.97. The van der Waals surface area contributed by atoms with Crippen molar-refractivity contribution in [2.24, 2.45) is 0 Å². The fourth-order valence-corrected chi connectivity index (χ4v) is 1.95. The van der Waals surface area contributed by atoms with Crippen LogP contribution in [0.15, 0.2) is 22.9 Å². The molecule has 0 aliphatic heterocycles. The molecule has 0 atom stereocenters. The maximum atomic E-state index is 5.80. The number of aryl methyl sites for hydroxylation is 2. The van der Waals surface area contributed by atoms with E-state index in [0.29, 0.717) is 16.6 Å². The fraction of sp³-hybridized carbons (Fsp3) is 0.182. The van der Waals surface area contributed by atoms with Crippen LogP contribution in [-0.2, 0) is 0 Å². The fourth-order valence-electron chi connectivity index (χ4n) is 1.81. The van der Waals surface area contributed by atoms with E-state index in [0.717, 1.165) is 17.1 Å². The molecule has 0 bridgehead atoms. The van der Waals surface area contributed by atoms with Crippen molar-refractivity contribution in [2.45, 2.75) is 13.8 Å². The molecule has 0 aliphatic rings. The summed E-state index contributed by atoms with van der Waals surface area (Å²) in [5.74, 6) is 2.36. The number of furan rings is 1. The average Bonchev–Trinajstić information content (AvgIpc) is 2.81. The van der Waals surface area contributed by atoms with E-state index in [9.17, 15) is 0 Å². The normalized spacial score (nSPS) is 11.2. The summed E-state index contributed by atoms with van der Waals surface area (Å²) < 4.78 is 7.26. The summed E-state index contributed by atoms with van der Waals surface area (Å²) in [6.07, 6.45) is 1.61. The van der Waals surface area contributed by atoms with Gasteiger partial charge < -0.3 is 4.42 Å². The van der Waals surface area contributed by atoms with Crippen LogP contribution in [0.25, 0.3) is 17.0 Å². The van der Waals surface area contributed by atoms with E-state index in [4.69, 9.17) is 16.0 Å². The Morgan fingerprint density at radius 3 is 2.76 bits per heavy atom. The van der Waals surface area contributed by atoms with E-state index in [1.807, 2.05) is 19.9 Å². The van der Waals surface area contributed by atoms with Gasteiger partial charge in [0, 0.05) is 6.07 Å². The maximum absolute atomic E-state index is 5.80. The van der Waals surface area contributed by atoms with Crippen LogP contribution >= 0.6 is 11.6 Å². The molecule has 0 radical (unpaired) electrons. The molecule has 0 aromatic carbocycles. The molecule has 3 heterocycles. The number of aromatic nitrogens is 4. The van der Waals surface area contributed by atoms with Crippen molar-refractivity contribution in [3.63, 3.8) is 0 Å². The van der Waals surface area contributed by atoms with Crippen LogP contribution in [0.2, 0.25) is 5.15 Å². The molecule has 0 saturated carbocycles. The molecule has 5 nitrogen and oxygen atoms in total. The molecule has 0 saturated heterocycles. The van der Waals surface area contributed by atoms with Crippen molar-refractivity contribution in [2.75, 3.05) is 0 Å². The molecule has 3 rings (SSSR count). The Hall–Kier alpha value is -1.88. The van der Waals surface area contributed by atoms with Gasteiger partial charge in [-0.15, -0.1) is 10.2 Å². The van der Waals surface area contributed by atoms with Gasteiger partial charge in [0.2, 0.25) is 0 Å². The highest BCUT2D eigenvalue weighted by atomic mass is 35.5. The van der Waals surface area contributed by atoms with E-state index in [1.165, 1.54) is 0 Å². The number of hydrogen-bond acceptors (Lipinski definition) is 4. The summed E-state index contributed by atoms with van der Waals surface area (Å²) in [7, 11) is 0. The van der Waals surface area contributed by atoms with E-state index < -0.39 is 0 Å². The summed E-state index contributed by atoms with van der Waals surface area (Å²) in [5, 5.41) is 8.59. The third-order valence-corrected chi connectivity index (χ3v) is 2.76. The molecule has 0 N–H and O–H groups in total. The van der Waals surface area contributed by atoms with Crippen LogP contribution in [-0.4, -0.2) is 19.6 Å². The molecule has 0 aliphatic carbocycles. The zero-order valence-corrected chi connectivity index (χ0v) is 10.1. The largest absolute Gasteiger partial charge is 0.466 e. The second kappa shape index (κ2) is 3.56. The van der Waals surface area contributed by atoms with E-state index in [1.54, 1.807) is 16.8 Å². The molecular formula is C11H9ClN4O. The molecule has 0 spiro atoms. The van der Waals surface area contributed by atoms with E-state index in [2.05, 4.69) is 15.2 Å². The Bertz CT molecular complexity index is 701. The summed E-state index contributed by atoms with van der Waals surface area (Å²) in [4.78, 5) is 4.02. The lowest BCUT2D eigenvalue weighted by atomic mass is 10.2. The van der Waals surface area contributed by atoms with Crippen LogP contribution in [0.4, 0.5) is 0 Å². The van der Waals surface area contributed by atoms with Gasteiger partial charge in [0.05, 0.1) is 5.56 Å². The van der Waals surface area contributed by atoms with Crippen LogP contribution in [0.3, 0.4) is 0 Å². The van der Waals surface area contributed by atoms with Crippen molar-refractivity contribution in [3.8, 4) is 11.4 Å². The predicted molar refractivity (Wildman–Crippen MR) is 63.0 cm³/mol. The quantitative estimate of drug-likeness (QED) is 0.621. The molecule has 6 heteroatoms. The van der Waals surface area contributed by atoms with Crippen LogP contribution in [0.1, 0.15) is 11.5 Å². The first-order chi connectivity index (χ1) is 8.15. The van der Waals surface area contributed by atoms with Crippen molar-refractivity contribution >= 4 is 17.2 Å².